The van der Waals surface area contributed by atoms with E-state index in [1.807, 2.05) is 61.9 Å². The third-order valence-electron chi connectivity index (χ3n) is 6.33. The predicted molar refractivity (Wildman–Crippen MR) is 166 cm³/mol. The van der Waals surface area contributed by atoms with E-state index in [-0.39, 0.29) is 4.90 Å². The maximum absolute atomic E-state index is 13.7. The number of anilines is 1. The van der Waals surface area contributed by atoms with Gasteiger partial charge in [0.05, 0.1) is 34.1 Å². The zero-order chi connectivity index (χ0) is 29.6. The standard InChI is InChI=1S/C30H31ClN4O4S2/c1-5-39-25-12-10-24(11-13-25)34(41(37,38)27-16-14-26(40-4)15-17-27)20-30(36)33-32-19-23-18-21(2)35(22(23)3)29-9-7-6-8-28(29)31/h6-19H,5,20H2,1-4H3,(H,33,36)/b32-19+. The normalized spacial score (nSPS) is 11.5. The van der Waals surface area contributed by atoms with Crippen molar-refractivity contribution in [2.75, 3.05) is 23.7 Å². The summed E-state index contributed by atoms with van der Waals surface area (Å²) in [7, 11) is -4.07. The van der Waals surface area contributed by atoms with Gasteiger partial charge in [0.2, 0.25) is 0 Å². The van der Waals surface area contributed by atoms with E-state index in [0.29, 0.717) is 23.1 Å². The maximum atomic E-state index is 13.7. The Labute approximate surface area is 250 Å². The third-order valence-corrected chi connectivity index (χ3v) is 9.18. The molecule has 0 fully saturated rings. The van der Waals surface area contributed by atoms with Crippen molar-refractivity contribution in [1.82, 2.24) is 9.99 Å². The van der Waals surface area contributed by atoms with E-state index in [1.54, 1.807) is 36.4 Å². The Morgan fingerprint density at radius 1 is 1.07 bits per heavy atom. The lowest BCUT2D eigenvalue weighted by atomic mass is 10.2. The van der Waals surface area contributed by atoms with Gasteiger partial charge < -0.3 is 9.30 Å². The van der Waals surface area contributed by atoms with E-state index >= 15 is 0 Å². The number of hydrazone groups is 1. The summed E-state index contributed by atoms with van der Waals surface area (Å²) in [5.74, 6) is 0.000665. The molecule has 1 amide bonds. The zero-order valence-corrected chi connectivity index (χ0v) is 25.6. The lowest BCUT2D eigenvalue weighted by Crippen LogP contribution is -2.39. The molecule has 1 aromatic heterocycles. The maximum Gasteiger partial charge on any atom is 0.264 e. The van der Waals surface area contributed by atoms with Crippen molar-refractivity contribution in [3.05, 3.63) is 101 Å². The molecule has 0 aliphatic rings. The number of sulfonamides is 1. The number of para-hydroxylation sites is 1. The number of amides is 1. The largest absolute Gasteiger partial charge is 0.494 e. The van der Waals surface area contributed by atoms with Crippen LogP contribution in [0.2, 0.25) is 5.02 Å². The first kappa shape index (κ1) is 30.2. The summed E-state index contributed by atoms with van der Waals surface area (Å²) < 4.78 is 35.9. The molecule has 0 atom stereocenters. The number of carbonyl (C=O) groups excluding carboxylic acids is 1. The van der Waals surface area contributed by atoms with Crippen molar-refractivity contribution in [3.8, 4) is 11.4 Å². The Bertz CT molecular complexity index is 1650. The van der Waals surface area contributed by atoms with Crippen LogP contribution in [0, 0.1) is 13.8 Å². The molecule has 0 aliphatic carbocycles. The average Bonchev–Trinajstić information content (AvgIpc) is 3.25. The first-order valence-corrected chi connectivity index (χ1v) is 15.9. The minimum Gasteiger partial charge on any atom is -0.494 e. The second-order valence-electron chi connectivity index (χ2n) is 9.02. The van der Waals surface area contributed by atoms with Crippen LogP contribution in [0.15, 0.2) is 93.8 Å². The number of benzene rings is 3. The van der Waals surface area contributed by atoms with E-state index in [1.165, 1.54) is 30.1 Å². The molecule has 0 unspecified atom stereocenters. The molecule has 4 rings (SSSR count). The molecule has 1 heterocycles. The molecule has 0 bridgehead atoms. The third kappa shape index (κ3) is 6.95. The number of aryl methyl sites for hydroxylation is 1. The predicted octanol–water partition coefficient (Wildman–Crippen LogP) is 6.21. The van der Waals surface area contributed by atoms with E-state index < -0.39 is 22.5 Å². The van der Waals surface area contributed by atoms with Crippen LogP contribution in [0.1, 0.15) is 23.9 Å². The van der Waals surface area contributed by atoms with Crippen LogP contribution in [0.3, 0.4) is 0 Å². The fourth-order valence-corrected chi connectivity index (χ4v) is 6.38. The Hall–Kier alpha value is -3.73. The first-order chi connectivity index (χ1) is 19.6. The SMILES string of the molecule is CCOc1ccc(N(CC(=O)N/N=C/c2cc(C)n(-c3ccccc3Cl)c2C)S(=O)(=O)c2ccc(SC)cc2)cc1. The number of aromatic nitrogens is 1. The summed E-state index contributed by atoms with van der Waals surface area (Å²) in [5.41, 5.74) is 6.26. The van der Waals surface area contributed by atoms with E-state index in [9.17, 15) is 13.2 Å². The van der Waals surface area contributed by atoms with Crippen LogP contribution in [0.5, 0.6) is 5.75 Å². The number of carbonyl (C=O) groups is 1. The van der Waals surface area contributed by atoms with Crippen molar-refractivity contribution in [3.63, 3.8) is 0 Å². The van der Waals surface area contributed by atoms with Gasteiger partial charge in [0.15, 0.2) is 0 Å². The number of ether oxygens (including phenoxy) is 1. The summed E-state index contributed by atoms with van der Waals surface area (Å²) in [6.45, 7) is 5.75. The van der Waals surface area contributed by atoms with Gasteiger partial charge in [-0.1, -0.05) is 23.7 Å². The van der Waals surface area contributed by atoms with Gasteiger partial charge in [-0.3, -0.25) is 9.10 Å². The summed E-state index contributed by atoms with van der Waals surface area (Å²) in [4.78, 5) is 14.0. The van der Waals surface area contributed by atoms with Crippen LogP contribution < -0.4 is 14.5 Å². The summed E-state index contributed by atoms with van der Waals surface area (Å²) in [6, 6.07) is 22.6. The molecule has 11 heteroatoms. The molecular weight excluding hydrogens is 580 g/mol. The molecule has 1 N–H and O–H groups in total. The molecule has 0 radical (unpaired) electrons. The minimum absolute atomic E-state index is 0.0764. The number of halogens is 1. The molecule has 8 nitrogen and oxygen atoms in total. The topological polar surface area (TPSA) is 93.0 Å². The number of nitrogens with zero attached hydrogens (tertiary/aromatic N) is 3. The fourth-order valence-electron chi connectivity index (χ4n) is 4.33. The molecular formula is C30H31ClN4O4S2. The number of rotatable bonds is 11. The van der Waals surface area contributed by atoms with Gasteiger partial charge in [0.1, 0.15) is 12.3 Å². The lowest BCUT2D eigenvalue weighted by molar-refractivity contribution is -0.119. The van der Waals surface area contributed by atoms with Gasteiger partial charge in [-0.05, 0) is 93.8 Å². The molecule has 0 saturated carbocycles. The number of hydrogen-bond donors (Lipinski definition) is 1. The lowest BCUT2D eigenvalue weighted by Gasteiger charge is -2.24. The van der Waals surface area contributed by atoms with Gasteiger partial charge in [-0.25, -0.2) is 13.8 Å². The highest BCUT2D eigenvalue weighted by Gasteiger charge is 2.27. The molecule has 0 spiro atoms. The van der Waals surface area contributed by atoms with Crippen molar-refractivity contribution >= 4 is 51.2 Å². The smallest absolute Gasteiger partial charge is 0.264 e. The van der Waals surface area contributed by atoms with Gasteiger partial charge in [0, 0.05) is 21.8 Å². The van der Waals surface area contributed by atoms with Crippen LogP contribution in [0.4, 0.5) is 5.69 Å². The van der Waals surface area contributed by atoms with Crippen molar-refractivity contribution in [2.24, 2.45) is 5.10 Å². The average molecular weight is 611 g/mol. The highest BCUT2D eigenvalue weighted by atomic mass is 35.5. The zero-order valence-electron chi connectivity index (χ0n) is 23.2. The molecule has 0 aliphatic heterocycles. The Kier molecular flexibility index (Phi) is 9.80. The Morgan fingerprint density at radius 3 is 2.39 bits per heavy atom. The number of hydrogen-bond acceptors (Lipinski definition) is 6. The monoisotopic (exact) mass is 610 g/mol. The number of nitrogens with one attached hydrogen (secondary N) is 1. The fraction of sp³-hybridized carbons (Fsp3) is 0.200. The van der Waals surface area contributed by atoms with Crippen LogP contribution in [0.25, 0.3) is 5.69 Å². The second-order valence-corrected chi connectivity index (χ2v) is 12.2. The van der Waals surface area contributed by atoms with Crippen LogP contribution in [-0.2, 0) is 14.8 Å². The summed E-state index contributed by atoms with van der Waals surface area (Å²) >= 11 is 7.91. The van der Waals surface area contributed by atoms with Crippen molar-refractivity contribution < 1.29 is 17.9 Å². The highest BCUT2D eigenvalue weighted by Crippen LogP contribution is 2.28. The Balaban J connectivity index is 1.56. The highest BCUT2D eigenvalue weighted by molar-refractivity contribution is 7.98. The van der Waals surface area contributed by atoms with E-state index in [0.717, 1.165) is 31.8 Å². The molecule has 214 valence electrons. The summed E-state index contributed by atoms with van der Waals surface area (Å²) in [5, 5.41) is 4.74. The minimum atomic E-state index is -4.07. The van der Waals surface area contributed by atoms with E-state index in [2.05, 4.69) is 10.5 Å². The van der Waals surface area contributed by atoms with Crippen molar-refractivity contribution in [1.29, 1.82) is 0 Å². The van der Waals surface area contributed by atoms with Gasteiger partial charge >= 0.3 is 0 Å². The molecule has 0 saturated heterocycles. The molecule has 41 heavy (non-hydrogen) atoms. The van der Waals surface area contributed by atoms with Gasteiger partial charge in [-0.15, -0.1) is 11.8 Å². The van der Waals surface area contributed by atoms with Crippen LogP contribution >= 0.6 is 23.4 Å². The van der Waals surface area contributed by atoms with Gasteiger partial charge in [-0.2, -0.15) is 5.10 Å². The first-order valence-electron chi connectivity index (χ1n) is 12.8. The molecule has 3 aromatic carbocycles. The quantitative estimate of drug-likeness (QED) is 0.124. The van der Waals surface area contributed by atoms with Gasteiger partial charge in [0.25, 0.3) is 15.9 Å². The molecule has 4 aromatic rings. The Morgan fingerprint density at radius 2 is 1.76 bits per heavy atom. The van der Waals surface area contributed by atoms with Crippen molar-refractivity contribution in [2.45, 2.75) is 30.6 Å². The summed E-state index contributed by atoms with van der Waals surface area (Å²) in [6.07, 6.45) is 3.44. The van der Waals surface area contributed by atoms with E-state index in [4.69, 9.17) is 16.3 Å². The van der Waals surface area contributed by atoms with Crippen LogP contribution in [-0.4, -0.2) is 44.5 Å². The second kappa shape index (κ2) is 13.3. The number of thioether (sulfide) groups is 1.